The van der Waals surface area contributed by atoms with Crippen LogP contribution in [0.1, 0.15) is 187 Å². The third-order valence-corrected chi connectivity index (χ3v) is 18.8. The molecule has 2 aromatic heterocycles. The van der Waals surface area contributed by atoms with Gasteiger partial charge in [-0.1, -0.05) is 101 Å². The highest BCUT2D eigenvalue weighted by atomic mass is 16.6. The first-order chi connectivity index (χ1) is 35.6. The number of carbonyl (C=O) groups is 2. The number of para-hydroxylation sites is 4. The SMILES string of the molecule is C.C.CCOC(=O)/C(=N\O)c1nc2ccccc2n(C2C[C@H]3CCC[C@@H](C2)N3C2CC3CCCC(C3)C2)c1=O.CO/N=C(\C(=O)O)c1nc2ccccc2n(C2C[C@H]3CCC[C@@H](C2)N3C2CC3CCCC(C3)C2)c1=O. The van der Waals surface area contributed by atoms with E-state index in [0.717, 1.165) is 60.4 Å². The van der Waals surface area contributed by atoms with Gasteiger partial charge in [-0.3, -0.25) is 19.4 Å². The van der Waals surface area contributed by atoms with Crippen LogP contribution in [0.15, 0.2) is 68.4 Å². The highest BCUT2D eigenvalue weighted by Crippen LogP contribution is 2.49. The molecule has 2 N–H and O–H groups in total. The van der Waals surface area contributed by atoms with E-state index in [4.69, 9.17) is 9.57 Å². The molecule has 4 aliphatic carbocycles. The normalized spacial score (nSPS) is 31.7. The molecule has 8 fully saturated rings. The number of esters is 1. The van der Waals surface area contributed by atoms with Gasteiger partial charge in [-0.05, 0) is 145 Å². The first-order valence-corrected chi connectivity index (χ1v) is 27.9. The van der Waals surface area contributed by atoms with Crippen LogP contribution in [0.2, 0.25) is 0 Å². The fourth-order valence-corrected chi connectivity index (χ4v) is 16.3. The summed E-state index contributed by atoms with van der Waals surface area (Å²) in [7, 11) is 1.28. The van der Waals surface area contributed by atoms with Crippen molar-refractivity contribution < 1.29 is 29.5 Å². The number of hydrogen-bond acceptors (Lipinski definition) is 13. The van der Waals surface area contributed by atoms with Crippen molar-refractivity contribution in [2.75, 3.05) is 13.7 Å². The first kappa shape index (κ1) is 54.3. The fraction of sp³-hybridized carbons (Fsp3) is 0.661. The number of nitrogens with zero attached hydrogens (tertiary/aromatic N) is 8. The van der Waals surface area contributed by atoms with Crippen LogP contribution in [-0.2, 0) is 19.2 Å². The Morgan fingerprint density at radius 2 is 0.947 bits per heavy atom. The van der Waals surface area contributed by atoms with Crippen LogP contribution in [0.5, 0.6) is 0 Å². The van der Waals surface area contributed by atoms with Crippen molar-refractivity contribution in [2.45, 2.75) is 211 Å². The third kappa shape index (κ3) is 10.7. The summed E-state index contributed by atoms with van der Waals surface area (Å²) in [6.07, 6.45) is 27.5. The van der Waals surface area contributed by atoms with Gasteiger partial charge in [-0.2, -0.15) is 0 Å². The van der Waals surface area contributed by atoms with Crippen molar-refractivity contribution in [1.29, 1.82) is 0 Å². The molecule has 0 radical (unpaired) electrons. The van der Waals surface area contributed by atoms with Crippen LogP contribution in [0.4, 0.5) is 0 Å². The first-order valence-electron chi connectivity index (χ1n) is 27.9. The number of aromatic nitrogens is 4. The van der Waals surface area contributed by atoms with Crippen LogP contribution < -0.4 is 11.1 Å². The van der Waals surface area contributed by atoms with Crippen molar-refractivity contribution >= 4 is 45.4 Å². The lowest BCUT2D eigenvalue weighted by atomic mass is 9.68. The van der Waals surface area contributed by atoms with E-state index in [9.17, 15) is 29.5 Å². The van der Waals surface area contributed by atoms with E-state index >= 15 is 0 Å². The number of piperidine rings is 4. The topological polar surface area (TPSA) is 194 Å². The molecular formula is C59H82N8O8. The number of hydrogen-bond donors (Lipinski definition) is 2. The van der Waals surface area contributed by atoms with Gasteiger partial charge in [0.15, 0.2) is 11.4 Å². The molecule has 2 aromatic carbocycles. The highest BCUT2D eigenvalue weighted by Gasteiger charge is 2.48. The molecule has 12 rings (SSSR count). The summed E-state index contributed by atoms with van der Waals surface area (Å²) in [5.74, 6) is 1.41. The zero-order valence-corrected chi connectivity index (χ0v) is 42.7. The number of carbonyl (C=O) groups excluding carboxylic acids is 1. The Balaban J connectivity index is 0.000000179. The Morgan fingerprint density at radius 3 is 1.32 bits per heavy atom. The van der Waals surface area contributed by atoms with Crippen LogP contribution in [0, 0.1) is 23.7 Å². The number of rotatable bonds is 10. The molecule has 4 aromatic rings. The molecule has 8 bridgehead atoms. The average molecular weight is 1030 g/mol. The van der Waals surface area contributed by atoms with Gasteiger partial charge < -0.3 is 29.0 Å². The van der Waals surface area contributed by atoms with Crippen molar-refractivity contribution in [1.82, 2.24) is 28.9 Å². The zero-order chi connectivity index (χ0) is 50.3. The largest absolute Gasteiger partial charge is 0.476 e. The van der Waals surface area contributed by atoms with E-state index in [2.05, 4.69) is 30.1 Å². The minimum Gasteiger partial charge on any atom is -0.476 e. The number of fused-ring (bicyclic) bond motifs is 10. The van der Waals surface area contributed by atoms with E-state index < -0.39 is 28.9 Å². The number of benzene rings is 2. The summed E-state index contributed by atoms with van der Waals surface area (Å²) in [5.41, 5.74) is 0.770. The lowest BCUT2D eigenvalue weighted by Gasteiger charge is -2.55. The maximum Gasteiger partial charge on any atom is 0.362 e. The highest BCUT2D eigenvalue weighted by molar-refractivity contribution is 6.42. The van der Waals surface area contributed by atoms with Gasteiger partial charge in [0.05, 0.1) is 28.7 Å². The molecule has 4 saturated carbocycles. The predicted octanol–water partition coefficient (Wildman–Crippen LogP) is 10.3. The molecule has 0 spiro atoms. The standard InChI is InChI=1S/C29H38N4O4.C28H36N4O4.2CH4/c1-2-37-29(35)27(31-36)26-28(34)33(25-12-4-3-11-24(25)30-26)23-16-20-9-6-10-21(17-23)32(20)22-14-18-7-5-8-19(13-18)15-22;1-36-30-26(28(34)35)25-27(33)32(24-11-3-2-10-23(24)29-25)22-15-19-8-5-9-20(16-22)31(19)21-13-17-6-4-7-18(12-17)14-21;;/h3-4,11-12,18-23,36H,2,5-10,13-17H2,1H3;2-3,10-11,17-22H,4-9,12-16H2,1H3,(H,34,35);2*1H4/b31-27-;30-26-;;/t18?,19?,20-,21+,22?,23?;17?,18?,19-,20+,21?,22?;;. The molecule has 6 heterocycles. The summed E-state index contributed by atoms with van der Waals surface area (Å²) in [6, 6.07) is 18.4. The van der Waals surface area contributed by atoms with E-state index in [-0.39, 0.29) is 50.5 Å². The number of oxime groups is 2. The van der Waals surface area contributed by atoms with Gasteiger partial charge >= 0.3 is 11.9 Å². The van der Waals surface area contributed by atoms with Gasteiger partial charge in [0.1, 0.15) is 7.11 Å². The number of aliphatic carboxylic acids is 1. The summed E-state index contributed by atoms with van der Waals surface area (Å²) in [5, 5.41) is 26.2. The van der Waals surface area contributed by atoms with E-state index in [1.165, 1.54) is 123 Å². The molecule has 6 unspecified atom stereocenters. The van der Waals surface area contributed by atoms with Gasteiger partial charge in [0, 0.05) is 48.3 Å². The predicted molar refractivity (Wildman–Crippen MR) is 292 cm³/mol. The Kier molecular flexibility index (Phi) is 17.0. The summed E-state index contributed by atoms with van der Waals surface area (Å²) < 4.78 is 8.71. The number of carboxylic acid groups (broad SMARTS) is 1. The second-order valence-corrected chi connectivity index (χ2v) is 23.0. The molecule has 16 heteroatoms. The maximum absolute atomic E-state index is 13.9. The molecule has 8 aliphatic rings. The second-order valence-electron chi connectivity index (χ2n) is 23.0. The minimum atomic E-state index is -1.32. The van der Waals surface area contributed by atoms with E-state index in [1.807, 2.05) is 57.7 Å². The Bertz CT molecular complexity index is 2830. The zero-order valence-electron chi connectivity index (χ0n) is 42.7. The van der Waals surface area contributed by atoms with Gasteiger partial charge in [0.2, 0.25) is 11.4 Å². The molecule has 0 amide bonds. The fourth-order valence-electron chi connectivity index (χ4n) is 16.3. The lowest BCUT2D eigenvalue weighted by Crippen LogP contribution is -2.58. The third-order valence-electron chi connectivity index (χ3n) is 18.8. The quantitative estimate of drug-likeness (QED) is 0.0662. The number of carboxylic acids is 1. The monoisotopic (exact) mass is 1030 g/mol. The van der Waals surface area contributed by atoms with Gasteiger partial charge in [0.25, 0.3) is 11.1 Å². The van der Waals surface area contributed by atoms with Crippen LogP contribution in [0.3, 0.4) is 0 Å². The molecule has 16 nitrogen and oxygen atoms in total. The van der Waals surface area contributed by atoms with Gasteiger partial charge in [-0.25, -0.2) is 19.6 Å². The van der Waals surface area contributed by atoms with Gasteiger partial charge in [-0.15, -0.1) is 0 Å². The Morgan fingerprint density at radius 1 is 0.560 bits per heavy atom. The molecule has 75 heavy (non-hydrogen) atoms. The Labute approximate surface area is 441 Å². The van der Waals surface area contributed by atoms with Crippen molar-refractivity contribution in [3.05, 3.63) is 80.6 Å². The van der Waals surface area contributed by atoms with Crippen LogP contribution in [0.25, 0.3) is 22.1 Å². The molecule has 406 valence electrons. The molecular weight excluding hydrogens is 949 g/mol. The number of ether oxygens (including phenoxy) is 1. The summed E-state index contributed by atoms with van der Waals surface area (Å²) in [4.78, 5) is 71.6. The smallest absolute Gasteiger partial charge is 0.362 e. The van der Waals surface area contributed by atoms with Crippen molar-refractivity contribution in [3.8, 4) is 0 Å². The molecule has 10 atom stereocenters. The average Bonchev–Trinajstić information content (AvgIpc) is 3.37. The maximum atomic E-state index is 13.9. The minimum absolute atomic E-state index is 0. The molecule has 4 aliphatic heterocycles. The Hall–Kier alpha value is -5.48. The van der Waals surface area contributed by atoms with Crippen molar-refractivity contribution in [3.63, 3.8) is 0 Å². The van der Waals surface area contributed by atoms with E-state index in [1.54, 1.807) is 6.92 Å². The molecule has 4 saturated heterocycles. The van der Waals surface area contributed by atoms with Crippen molar-refractivity contribution in [2.24, 2.45) is 34.0 Å². The summed E-state index contributed by atoms with van der Waals surface area (Å²) in [6.45, 7) is 1.79. The summed E-state index contributed by atoms with van der Waals surface area (Å²) >= 11 is 0. The van der Waals surface area contributed by atoms with E-state index in [0.29, 0.717) is 47.3 Å². The van der Waals surface area contributed by atoms with Crippen LogP contribution >= 0.6 is 0 Å². The van der Waals surface area contributed by atoms with Crippen LogP contribution in [-0.4, -0.2) is 113 Å². The second kappa shape index (κ2) is 23.4. The lowest BCUT2D eigenvalue weighted by molar-refractivity contribution is -0.135.